The van der Waals surface area contributed by atoms with Crippen LogP contribution in [0, 0.1) is 5.82 Å². The van der Waals surface area contributed by atoms with Crippen molar-refractivity contribution in [1.82, 2.24) is 5.32 Å². The predicted molar refractivity (Wildman–Crippen MR) is 85.8 cm³/mol. The van der Waals surface area contributed by atoms with Crippen molar-refractivity contribution in [2.24, 2.45) is 0 Å². The third kappa shape index (κ3) is 3.70. The van der Waals surface area contributed by atoms with E-state index in [0.29, 0.717) is 30.2 Å². The Morgan fingerprint density at radius 1 is 1.22 bits per heavy atom. The van der Waals surface area contributed by atoms with Crippen molar-refractivity contribution in [2.45, 2.75) is 12.6 Å². The van der Waals surface area contributed by atoms with E-state index in [0.717, 1.165) is 10.9 Å². The number of halogens is 1. The minimum Gasteiger partial charge on any atom is -0.497 e. The maximum Gasteiger partial charge on any atom is 0.134 e. The minimum atomic E-state index is -0.646. The second kappa shape index (κ2) is 6.81. The molecule has 1 atom stereocenters. The van der Waals surface area contributed by atoms with Crippen LogP contribution in [0.1, 0.15) is 17.4 Å². The summed E-state index contributed by atoms with van der Waals surface area (Å²) in [6.07, 6.45) is -0.646. The zero-order valence-electron chi connectivity index (χ0n) is 12.8. The van der Waals surface area contributed by atoms with Crippen LogP contribution < -0.4 is 10.1 Å². The first-order valence-electron chi connectivity index (χ1n) is 7.36. The number of benzene rings is 2. The lowest BCUT2D eigenvalue weighted by Gasteiger charge is -2.12. The molecule has 0 spiro atoms. The monoisotopic (exact) mass is 315 g/mol. The van der Waals surface area contributed by atoms with Gasteiger partial charge in [-0.05, 0) is 42.0 Å². The molecule has 2 aromatic carbocycles. The van der Waals surface area contributed by atoms with E-state index in [9.17, 15) is 9.50 Å². The molecule has 2 N–H and O–H groups in total. The lowest BCUT2D eigenvalue weighted by molar-refractivity contribution is 0.173. The number of nitrogens with one attached hydrogen (secondary N) is 1. The number of hydrogen-bond donors (Lipinski definition) is 2. The van der Waals surface area contributed by atoms with E-state index >= 15 is 0 Å². The van der Waals surface area contributed by atoms with Crippen LogP contribution in [-0.4, -0.2) is 18.8 Å². The van der Waals surface area contributed by atoms with Crippen molar-refractivity contribution >= 4 is 11.0 Å². The first-order valence-corrected chi connectivity index (χ1v) is 7.36. The maximum absolute atomic E-state index is 13.2. The van der Waals surface area contributed by atoms with Crippen molar-refractivity contribution in [3.63, 3.8) is 0 Å². The van der Waals surface area contributed by atoms with Crippen molar-refractivity contribution in [3.8, 4) is 5.75 Å². The highest BCUT2D eigenvalue weighted by Crippen LogP contribution is 2.21. The van der Waals surface area contributed by atoms with E-state index in [-0.39, 0.29) is 5.82 Å². The van der Waals surface area contributed by atoms with Crippen molar-refractivity contribution in [1.29, 1.82) is 0 Å². The normalized spacial score (nSPS) is 12.5. The van der Waals surface area contributed by atoms with Crippen LogP contribution >= 0.6 is 0 Å². The zero-order valence-corrected chi connectivity index (χ0v) is 12.8. The summed E-state index contributed by atoms with van der Waals surface area (Å²) in [5.74, 6) is 1.12. The molecular weight excluding hydrogens is 297 g/mol. The number of furan rings is 1. The van der Waals surface area contributed by atoms with Crippen molar-refractivity contribution < 1.29 is 18.7 Å². The number of rotatable bonds is 6. The van der Waals surface area contributed by atoms with E-state index < -0.39 is 6.10 Å². The molecule has 5 heteroatoms. The topological polar surface area (TPSA) is 54.6 Å². The Morgan fingerprint density at radius 3 is 2.91 bits per heavy atom. The molecule has 0 aliphatic rings. The van der Waals surface area contributed by atoms with Crippen LogP contribution in [0.5, 0.6) is 5.75 Å². The molecular formula is C18H18FNO3. The van der Waals surface area contributed by atoms with Gasteiger partial charge in [0.15, 0.2) is 0 Å². The number of aliphatic hydroxyl groups excluding tert-OH is 1. The molecule has 0 fully saturated rings. The first kappa shape index (κ1) is 15.5. The average molecular weight is 315 g/mol. The summed E-state index contributed by atoms with van der Waals surface area (Å²) in [5, 5.41) is 14.1. The van der Waals surface area contributed by atoms with Gasteiger partial charge in [0, 0.05) is 11.9 Å². The van der Waals surface area contributed by atoms with Gasteiger partial charge in [-0.25, -0.2) is 4.39 Å². The molecule has 0 radical (unpaired) electrons. The average Bonchev–Trinajstić information content (AvgIpc) is 2.96. The van der Waals surface area contributed by atoms with E-state index in [1.807, 2.05) is 18.2 Å². The van der Waals surface area contributed by atoms with Crippen LogP contribution in [0.15, 0.2) is 52.9 Å². The lowest BCUT2D eigenvalue weighted by Crippen LogP contribution is -2.20. The molecule has 120 valence electrons. The SMILES string of the molecule is COc1cccc(C(O)CNCc2cc3cc(F)ccc3o2)c1. The number of ether oxygens (including phenoxy) is 1. The molecule has 1 aromatic heterocycles. The van der Waals surface area contributed by atoms with Crippen LogP contribution in [0.4, 0.5) is 4.39 Å². The number of methoxy groups -OCH3 is 1. The Kier molecular flexibility index (Phi) is 4.60. The summed E-state index contributed by atoms with van der Waals surface area (Å²) in [4.78, 5) is 0. The van der Waals surface area contributed by atoms with Gasteiger partial charge in [-0.2, -0.15) is 0 Å². The van der Waals surface area contributed by atoms with E-state index in [1.54, 1.807) is 25.3 Å². The molecule has 3 rings (SSSR count). The summed E-state index contributed by atoms with van der Waals surface area (Å²) in [6, 6.07) is 13.5. The Bertz CT molecular complexity index is 800. The van der Waals surface area contributed by atoms with Gasteiger partial charge in [0.25, 0.3) is 0 Å². The van der Waals surface area contributed by atoms with E-state index in [4.69, 9.17) is 9.15 Å². The minimum absolute atomic E-state index is 0.286. The number of aliphatic hydroxyl groups is 1. The standard InChI is InChI=1S/C18H18FNO3/c1-22-15-4-2-3-12(8-15)17(21)11-20-10-16-9-13-7-14(19)5-6-18(13)23-16/h2-9,17,20-21H,10-11H2,1H3. The van der Waals surface area contributed by atoms with Gasteiger partial charge in [0.2, 0.25) is 0 Å². The summed E-state index contributed by atoms with van der Waals surface area (Å²) in [6.45, 7) is 0.829. The fraction of sp³-hybridized carbons (Fsp3) is 0.222. The van der Waals surface area contributed by atoms with Gasteiger partial charge in [0.1, 0.15) is 22.9 Å². The smallest absolute Gasteiger partial charge is 0.134 e. The summed E-state index contributed by atoms with van der Waals surface area (Å²) < 4.78 is 23.9. The molecule has 1 unspecified atom stereocenters. The van der Waals surface area contributed by atoms with Gasteiger partial charge in [-0.1, -0.05) is 12.1 Å². The second-order valence-electron chi connectivity index (χ2n) is 5.32. The van der Waals surface area contributed by atoms with Gasteiger partial charge in [0.05, 0.1) is 19.8 Å². The van der Waals surface area contributed by atoms with Gasteiger partial charge < -0.3 is 19.6 Å². The molecule has 4 nitrogen and oxygen atoms in total. The molecule has 0 amide bonds. The Hall–Kier alpha value is -2.37. The molecule has 23 heavy (non-hydrogen) atoms. The summed E-state index contributed by atoms with van der Waals surface area (Å²) in [7, 11) is 1.59. The van der Waals surface area contributed by atoms with Crippen LogP contribution in [0.2, 0.25) is 0 Å². The van der Waals surface area contributed by atoms with Crippen molar-refractivity contribution in [2.75, 3.05) is 13.7 Å². The first-order chi connectivity index (χ1) is 11.2. The highest BCUT2D eigenvalue weighted by atomic mass is 19.1. The molecule has 0 aliphatic carbocycles. The quantitative estimate of drug-likeness (QED) is 0.732. The van der Waals surface area contributed by atoms with Gasteiger partial charge in [-0.3, -0.25) is 0 Å². The molecule has 0 bridgehead atoms. The summed E-state index contributed by atoms with van der Waals surface area (Å²) in [5.41, 5.74) is 1.43. The Morgan fingerprint density at radius 2 is 2.09 bits per heavy atom. The van der Waals surface area contributed by atoms with E-state index in [2.05, 4.69) is 5.32 Å². The third-order valence-electron chi connectivity index (χ3n) is 3.64. The Labute approximate surface area is 133 Å². The van der Waals surface area contributed by atoms with Crippen LogP contribution in [0.25, 0.3) is 11.0 Å². The van der Waals surface area contributed by atoms with Crippen LogP contribution in [-0.2, 0) is 6.54 Å². The van der Waals surface area contributed by atoms with Crippen molar-refractivity contribution in [3.05, 3.63) is 65.7 Å². The fourth-order valence-electron chi connectivity index (χ4n) is 2.46. The van der Waals surface area contributed by atoms with Gasteiger partial charge in [-0.15, -0.1) is 0 Å². The maximum atomic E-state index is 13.2. The summed E-state index contributed by atoms with van der Waals surface area (Å²) >= 11 is 0. The van der Waals surface area contributed by atoms with Crippen LogP contribution in [0.3, 0.4) is 0 Å². The predicted octanol–water partition coefficient (Wildman–Crippen LogP) is 3.40. The molecule has 0 saturated heterocycles. The highest BCUT2D eigenvalue weighted by Gasteiger charge is 2.09. The lowest BCUT2D eigenvalue weighted by atomic mass is 10.1. The van der Waals surface area contributed by atoms with Gasteiger partial charge >= 0.3 is 0 Å². The third-order valence-corrected chi connectivity index (χ3v) is 3.64. The molecule has 0 aliphatic heterocycles. The molecule has 1 heterocycles. The zero-order chi connectivity index (χ0) is 16.2. The second-order valence-corrected chi connectivity index (χ2v) is 5.32. The fourth-order valence-corrected chi connectivity index (χ4v) is 2.46. The molecule has 3 aromatic rings. The van der Waals surface area contributed by atoms with E-state index in [1.165, 1.54) is 12.1 Å². The largest absolute Gasteiger partial charge is 0.497 e. The highest BCUT2D eigenvalue weighted by molar-refractivity contribution is 5.77. The Balaban J connectivity index is 1.59. The molecule has 0 saturated carbocycles. The number of hydrogen-bond acceptors (Lipinski definition) is 4. The number of fused-ring (bicyclic) bond motifs is 1.